The highest BCUT2D eigenvalue weighted by atomic mass is 32.2. The number of anilines is 2. The minimum absolute atomic E-state index is 0.0737. The van der Waals surface area contributed by atoms with Crippen molar-refractivity contribution in [2.45, 2.75) is 37.4 Å². The molecule has 3 amide bonds. The Labute approximate surface area is 262 Å². The first kappa shape index (κ1) is 31.8. The predicted octanol–water partition coefficient (Wildman–Crippen LogP) is 3.69. The smallest absolute Gasteiger partial charge is 0.321 e. The van der Waals surface area contributed by atoms with Crippen molar-refractivity contribution in [2.24, 2.45) is 13.0 Å². The number of rotatable bonds is 8. The maximum atomic E-state index is 13.5. The average molecular weight is 635 g/mol. The maximum absolute atomic E-state index is 13.5. The van der Waals surface area contributed by atoms with Gasteiger partial charge in [-0.2, -0.15) is 8.42 Å². The van der Waals surface area contributed by atoms with E-state index in [0.717, 1.165) is 10.8 Å². The van der Waals surface area contributed by atoms with Crippen molar-refractivity contribution in [1.29, 1.82) is 0 Å². The maximum Gasteiger partial charge on any atom is 0.321 e. The van der Waals surface area contributed by atoms with Crippen LogP contribution in [0.5, 0.6) is 5.75 Å². The summed E-state index contributed by atoms with van der Waals surface area (Å²) in [5, 5.41) is 14.7. The van der Waals surface area contributed by atoms with Crippen molar-refractivity contribution in [1.82, 2.24) is 19.4 Å². The summed E-state index contributed by atoms with van der Waals surface area (Å²) in [6.07, 6.45) is 2.17. The number of imidazole rings is 1. The van der Waals surface area contributed by atoms with Crippen LogP contribution in [0.4, 0.5) is 16.2 Å². The number of ether oxygens (including phenoxy) is 1. The lowest BCUT2D eigenvalue weighted by atomic mass is 10.0. The van der Waals surface area contributed by atoms with Gasteiger partial charge in [-0.15, -0.1) is 0 Å². The van der Waals surface area contributed by atoms with Gasteiger partial charge in [-0.25, -0.2) is 9.78 Å². The molecule has 0 spiro atoms. The van der Waals surface area contributed by atoms with Gasteiger partial charge in [0, 0.05) is 49.4 Å². The van der Waals surface area contributed by atoms with Crippen LogP contribution in [0.3, 0.4) is 0 Å². The van der Waals surface area contributed by atoms with Crippen molar-refractivity contribution in [3.63, 3.8) is 0 Å². The molecule has 1 aliphatic rings. The molecule has 3 aromatic carbocycles. The van der Waals surface area contributed by atoms with E-state index in [1.54, 1.807) is 44.1 Å². The number of aryl methyl sites for hydroxylation is 1. The zero-order chi connectivity index (χ0) is 32.3. The minimum atomic E-state index is -3.97. The fourth-order valence-electron chi connectivity index (χ4n) is 5.34. The lowest BCUT2D eigenvalue weighted by Gasteiger charge is -2.34. The van der Waals surface area contributed by atoms with Crippen molar-refractivity contribution < 1.29 is 27.9 Å². The summed E-state index contributed by atoms with van der Waals surface area (Å²) in [6.45, 7) is 3.96. The standard InChI is InChI=1S/C32H38N6O6S/c1-21-16-38(22(2)19-39)31(40)15-24-14-25(35-45(42,43)30-18-36(3)20-33-30)12-13-28(24)44-29(21)17-37(4)32(41)34-27-11-7-9-23-8-5-6-10-26(23)27/h5-14,18,20-22,29,35,39H,15-17,19H2,1-4H3,(H,34,41)/t21-,22+,29-/m1/s1. The fraction of sp³-hybridized carbons (Fsp3) is 0.344. The first-order chi connectivity index (χ1) is 21.4. The molecule has 3 atom stereocenters. The van der Waals surface area contributed by atoms with Crippen LogP contribution in [-0.2, 0) is 28.3 Å². The van der Waals surface area contributed by atoms with Crippen LogP contribution < -0.4 is 14.8 Å². The van der Waals surface area contributed by atoms with E-state index in [1.165, 1.54) is 22.0 Å². The number of carbonyl (C=O) groups is 2. The van der Waals surface area contributed by atoms with Crippen LogP contribution in [0.1, 0.15) is 19.4 Å². The van der Waals surface area contributed by atoms with E-state index in [0.29, 0.717) is 17.0 Å². The Bertz CT molecular complexity index is 1800. The molecule has 13 heteroatoms. The molecular weight excluding hydrogens is 596 g/mol. The van der Waals surface area contributed by atoms with Crippen LogP contribution in [0.25, 0.3) is 10.8 Å². The van der Waals surface area contributed by atoms with E-state index in [9.17, 15) is 23.1 Å². The molecule has 238 valence electrons. The summed E-state index contributed by atoms with van der Waals surface area (Å²) in [5.41, 5.74) is 1.40. The SMILES string of the molecule is C[C@@H]1CN([C@@H](C)CO)C(=O)Cc2cc(NS(=O)(=O)c3cn(C)cn3)ccc2O[C@@H]1CN(C)C(=O)Nc1cccc2ccccc12. The zero-order valence-electron chi connectivity index (χ0n) is 25.7. The number of urea groups is 1. The Hall–Kier alpha value is -4.62. The number of amides is 3. The summed E-state index contributed by atoms with van der Waals surface area (Å²) in [5.74, 6) is -0.0629. The van der Waals surface area contributed by atoms with Gasteiger partial charge in [-0.1, -0.05) is 43.3 Å². The first-order valence-electron chi connectivity index (χ1n) is 14.7. The highest BCUT2D eigenvalue weighted by Gasteiger charge is 2.32. The quantitative estimate of drug-likeness (QED) is 0.268. The molecule has 2 heterocycles. The van der Waals surface area contributed by atoms with E-state index in [-0.39, 0.29) is 54.7 Å². The molecule has 3 N–H and O–H groups in total. The zero-order valence-corrected chi connectivity index (χ0v) is 26.5. The number of nitrogens with one attached hydrogen (secondary N) is 2. The number of aliphatic hydroxyl groups excluding tert-OH is 1. The summed E-state index contributed by atoms with van der Waals surface area (Å²) in [7, 11) is -0.621. The largest absolute Gasteiger partial charge is 0.488 e. The highest BCUT2D eigenvalue weighted by Crippen LogP contribution is 2.30. The number of hydrogen-bond donors (Lipinski definition) is 3. The van der Waals surface area contributed by atoms with Crippen molar-refractivity contribution >= 4 is 44.1 Å². The van der Waals surface area contributed by atoms with Gasteiger partial charge in [0.15, 0.2) is 5.03 Å². The molecular formula is C32H38N6O6S. The molecule has 0 fully saturated rings. The van der Waals surface area contributed by atoms with Crippen molar-refractivity contribution in [3.8, 4) is 5.75 Å². The normalized spacial score (nSPS) is 17.8. The van der Waals surface area contributed by atoms with Gasteiger partial charge >= 0.3 is 6.03 Å². The Kier molecular flexibility index (Phi) is 9.30. The van der Waals surface area contributed by atoms with Gasteiger partial charge in [0.1, 0.15) is 11.9 Å². The van der Waals surface area contributed by atoms with E-state index in [4.69, 9.17) is 4.74 Å². The third kappa shape index (κ3) is 7.21. The number of benzene rings is 3. The lowest BCUT2D eigenvalue weighted by molar-refractivity contribution is -0.134. The van der Waals surface area contributed by atoms with Crippen molar-refractivity contribution in [2.75, 3.05) is 36.8 Å². The van der Waals surface area contributed by atoms with E-state index >= 15 is 0 Å². The second kappa shape index (κ2) is 13.2. The number of nitrogens with zero attached hydrogens (tertiary/aromatic N) is 4. The van der Waals surface area contributed by atoms with Gasteiger partial charge in [-0.05, 0) is 36.6 Å². The molecule has 1 aliphatic heterocycles. The van der Waals surface area contributed by atoms with Crippen LogP contribution >= 0.6 is 0 Å². The monoisotopic (exact) mass is 634 g/mol. The first-order valence-corrected chi connectivity index (χ1v) is 16.1. The number of hydrogen-bond acceptors (Lipinski definition) is 7. The Morgan fingerprint density at radius 3 is 2.67 bits per heavy atom. The number of carbonyl (C=O) groups excluding carboxylic acids is 2. The predicted molar refractivity (Wildman–Crippen MR) is 172 cm³/mol. The van der Waals surface area contributed by atoms with Crippen LogP contribution in [-0.4, -0.2) is 83.7 Å². The molecule has 1 aromatic heterocycles. The van der Waals surface area contributed by atoms with Crippen LogP contribution in [0.2, 0.25) is 0 Å². The molecule has 45 heavy (non-hydrogen) atoms. The average Bonchev–Trinajstić information content (AvgIpc) is 3.48. The lowest BCUT2D eigenvalue weighted by Crippen LogP contribution is -2.48. The van der Waals surface area contributed by atoms with Gasteiger partial charge in [0.25, 0.3) is 10.0 Å². The minimum Gasteiger partial charge on any atom is -0.488 e. The molecule has 0 aliphatic carbocycles. The number of aromatic nitrogens is 2. The summed E-state index contributed by atoms with van der Waals surface area (Å²) >= 11 is 0. The second-order valence-electron chi connectivity index (χ2n) is 11.5. The highest BCUT2D eigenvalue weighted by molar-refractivity contribution is 7.92. The van der Waals surface area contributed by atoms with Crippen LogP contribution in [0, 0.1) is 5.92 Å². The molecule has 0 radical (unpaired) electrons. The van der Waals surface area contributed by atoms with E-state index in [2.05, 4.69) is 15.0 Å². The molecule has 5 rings (SSSR count). The molecule has 0 saturated heterocycles. The number of sulfonamides is 1. The molecule has 0 bridgehead atoms. The summed E-state index contributed by atoms with van der Waals surface area (Å²) in [6, 6.07) is 17.5. The molecule has 12 nitrogen and oxygen atoms in total. The van der Waals surface area contributed by atoms with Crippen LogP contribution in [0.15, 0.2) is 78.2 Å². The summed E-state index contributed by atoms with van der Waals surface area (Å²) < 4.78 is 36.4. The van der Waals surface area contributed by atoms with Gasteiger partial charge in [-0.3, -0.25) is 9.52 Å². The van der Waals surface area contributed by atoms with Gasteiger partial charge in [0.2, 0.25) is 5.91 Å². The third-order valence-corrected chi connectivity index (χ3v) is 9.22. The van der Waals surface area contributed by atoms with E-state index < -0.39 is 22.2 Å². The second-order valence-corrected chi connectivity index (χ2v) is 13.2. The number of fused-ring (bicyclic) bond motifs is 2. The topological polar surface area (TPSA) is 146 Å². The summed E-state index contributed by atoms with van der Waals surface area (Å²) in [4.78, 5) is 34.0. The Balaban J connectivity index is 1.41. The Morgan fingerprint density at radius 2 is 1.93 bits per heavy atom. The van der Waals surface area contributed by atoms with Crippen molar-refractivity contribution in [3.05, 3.63) is 78.8 Å². The molecule has 4 aromatic rings. The number of likely N-dealkylation sites (N-methyl/N-ethyl adjacent to an activating group) is 1. The Morgan fingerprint density at radius 1 is 1.18 bits per heavy atom. The molecule has 0 unspecified atom stereocenters. The van der Waals surface area contributed by atoms with Gasteiger partial charge in [0.05, 0.1) is 37.6 Å². The number of aliphatic hydroxyl groups is 1. The fourth-order valence-corrected chi connectivity index (χ4v) is 6.38. The van der Waals surface area contributed by atoms with E-state index in [1.807, 2.05) is 49.4 Å². The van der Waals surface area contributed by atoms with Gasteiger partial charge < -0.3 is 29.5 Å². The molecule has 0 saturated carbocycles. The third-order valence-electron chi connectivity index (χ3n) is 7.96.